The van der Waals surface area contributed by atoms with E-state index in [0.29, 0.717) is 6.07 Å². The first-order valence-corrected chi connectivity index (χ1v) is 18.3. The fraction of sp³-hybridized carbons (Fsp3) is 0.0952. The van der Waals surface area contributed by atoms with Crippen LogP contribution in [0.4, 0.5) is 23.0 Å². The molecule has 0 atom stereocenters. The van der Waals surface area contributed by atoms with E-state index in [0.717, 1.165) is 36.4 Å². The molecule has 0 aliphatic heterocycles. The van der Waals surface area contributed by atoms with E-state index < -0.39 is 84.8 Å². The van der Waals surface area contributed by atoms with Crippen molar-refractivity contribution in [2.45, 2.75) is 14.7 Å². The monoisotopic (exact) mass is 758 g/mol. The number of azo groups is 1. The molecule has 1 aromatic heterocycles. The van der Waals surface area contributed by atoms with Crippen molar-refractivity contribution < 1.29 is 56.6 Å². The van der Waals surface area contributed by atoms with E-state index in [1.807, 2.05) is 0 Å². The summed E-state index contributed by atoms with van der Waals surface area (Å²) in [6.07, 6.45) is 0. The molecule has 246 valence electrons. The average Bonchev–Trinajstić information content (AvgIpc) is 2.90. The quantitative estimate of drug-likeness (QED) is 0.108. The Labute approximate surface area is 269 Å². The second-order valence-corrected chi connectivity index (χ2v) is 15.3. The summed E-state index contributed by atoms with van der Waals surface area (Å²) in [6.45, 7) is -0.883. The van der Waals surface area contributed by atoms with Gasteiger partial charge in [-0.1, -0.05) is 0 Å². The Kier molecular flexibility index (Phi) is 9.84. The number of aromatic hydroxyl groups is 1. The standard InChI is InChI=1S/C21H16Cl2N6O13S4/c22-19-25-20(23)27-21(26-19)24-13-5-6-14(44(33,34)35)12-9-15(45(36,37)38)17(18(30)16(12)13)29-28-10-1-3-11(4-2-10)43(31,32)8-7-42-46(39,40)41/h1-6,9,30H,7-8H2,(H,33,34,35)(H,36,37,38)(H,39,40,41)(H,24,25,26,27). The van der Waals surface area contributed by atoms with Crippen LogP contribution in [0.1, 0.15) is 0 Å². The highest BCUT2D eigenvalue weighted by molar-refractivity contribution is 7.91. The van der Waals surface area contributed by atoms with Crippen molar-refractivity contribution in [3.8, 4) is 5.75 Å². The van der Waals surface area contributed by atoms with E-state index in [1.54, 1.807) is 0 Å². The molecular formula is C21H16Cl2N6O13S4. The van der Waals surface area contributed by atoms with Crippen LogP contribution in [0.15, 0.2) is 67.4 Å². The predicted octanol–water partition coefficient (Wildman–Crippen LogP) is 3.28. The van der Waals surface area contributed by atoms with Gasteiger partial charge < -0.3 is 10.4 Å². The number of halogens is 2. The molecule has 25 heteroatoms. The van der Waals surface area contributed by atoms with E-state index in [2.05, 4.69) is 34.7 Å². The van der Waals surface area contributed by atoms with Gasteiger partial charge in [-0.05, 0) is 65.7 Å². The number of anilines is 2. The minimum Gasteiger partial charge on any atom is -0.505 e. The van der Waals surface area contributed by atoms with Gasteiger partial charge in [0, 0.05) is 5.39 Å². The predicted molar refractivity (Wildman–Crippen MR) is 159 cm³/mol. The van der Waals surface area contributed by atoms with Gasteiger partial charge in [0.1, 0.15) is 15.5 Å². The van der Waals surface area contributed by atoms with Gasteiger partial charge in [0.05, 0.1) is 34.0 Å². The number of fused-ring (bicyclic) bond motifs is 1. The number of benzene rings is 3. The van der Waals surface area contributed by atoms with Crippen LogP contribution in [0.5, 0.6) is 5.75 Å². The van der Waals surface area contributed by atoms with Gasteiger partial charge in [0.15, 0.2) is 15.6 Å². The van der Waals surface area contributed by atoms with Gasteiger partial charge in [-0.2, -0.15) is 45.3 Å². The minimum absolute atomic E-state index is 0.131. The molecule has 0 aliphatic carbocycles. The van der Waals surface area contributed by atoms with Crippen LogP contribution in [0.2, 0.25) is 10.6 Å². The van der Waals surface area contributed by atoms with Gasteiger partial charge in [0.25, 0.3) is 20.2 Å². The molecule has 0 aliphatic rings. The molecule has 0 radical (unpaired) electrons. The normalized spacial score (nSPS) is 13.0. The Balaban J connectivity index is 1.84. The van der Waals surface area contributed by atoms with E-state index in [4.69, 9.17) is 27.8 Å². The molecule has 0 saturated heterocycles. The van der Waals surface area contributed by atoms with Crippen LogP contribution in [0.25, 0.3) is 10.8 Å². The van der Waals surface area contributed by atoms with Crippen molar-refractivity contribution in [3.05, 3.63) is 53.0 Å². The number of phenolic OH excluding ortho intramolecular Hbond substituents is 1. The minimum atomic E-state index is -5.27. The molecule has 5 N–H and O–H groups in total. The Morgan fingerprint density at radius 2 is 1.37 bits per heavy atom. The molecule has 4 rings (SSSR count). The summed E-state index contributed by atoms with van der Waals surface area (Å²) in [4.78, 5) is 8.76. The maximum atomic E-state index is 12.4. The summed E-state index contributed by atoms with van der Waals surface area (Å²) in [5.74, 6) is -2.22. The molecule has 46 heavy (non-hydrogen) atoms. The molecule has 19 nitrogen and oxygen atoms in total. The average molecular weight is 760 g/mol. The lowest BCUT2D eigenvalue weighted by molar-refractivity contribution is 0.284. The van der Waals surface area contributed by atoms with Gasteiger partial charge in [-0.3, -0.25) is 13.7 Å². The maximum absolute atomic E-state index is 12.4. The summed E-state index contributed by atoms with van der Waals surface area (Å²) in [5, 5.41) is 19.4. The summed E-state index contributed by atoms with van der Waals surface area (Å²) in [5.41, 5.74) is -1.26. The fourth-order valence-corrected chi connectivity index (χ4v) is 6.93. The Hall–Kier alpha value is -3.65. The molecule has 0 amide bonds. The third kappa shape index (κ3) is 8.38. The van der Waals surface area contributed by atoms with Gasteiger partial charge >= 0.3 is 10.4 Å². The highest BCUT2D eigenvalue weighted by Crippen LogP contribution is 2.46. The van der Waals surface area contributed by atoms with Crippen molar-refractivity contribution >= 4 is 97.5 Å². The van der Waals surface area contributed by atoms with Crippen LogP contribution < -0.4 is 5.32 Å². The van der Waals surface area contributed by atoms with E-state index in [9.17, 15) is 47.9 Å². The second kappa shape index (κ2) is 12.9. The van der Waals surface area contributed by atoms with Crippen molar-refractivity contribution in [1.29, 1.82) is 0 Å². The van der Waals surface area contributed by atoms with E-state index in [1.165, 1.54) is 0 Å². The van der Waals surface area contributed by atoms with E-state index >= 15 is 0 Å². The lowest BCUT2D eigenvalue weighted by Gasteiger charge is -2.15. The Morgan fingerprint density at radius 3 is 1.91 bits per heavy atom. The first kappa shape index (κ1) is 35.2. The van der Waals surface area contributed by atoms with Gasteiger partial charge in [-0.15, -0.1) is 5.11 Å². The third-order valence-electron chi connectivity index (χ3n) is 5.60. The topological polar surface area (TPSA) is 302 Å². The number of hydrogen-bond donors (Lipinski definition) is 5. The number of aromatic nitrogens is 3. The first-order chi connectivity index (χ1) is 21.2. The molecule has 0 bridgehead atoms. The summed E-state index contributed by atoms with van der Waals surface area (Å²) in [6, 6.07) is 6.67. The lowest BCUT2D eigenvalue weighted by atomic mass is 10.1. The van der Waals surface area contributed by atoms with Crippen molar-refractivity contribution in [3.63, 3.8) is 0 Å². The smallest absolute Gasteiger partial charge is 0.397 e. The Morgan fingerprint density at radius 1 is 0.783 bits per heavy atom. The zero-order valence-corrected chi connectivity index (χ0v) is 26.8. The molecule has 3 aromatic carbocycles. The molecule has 4 aromatic rings. The second-order valence-electron chi connectivity index (χ2n) is 8.64. The highest BCUT2D eigenvalue weighted by atomic mass is 35.5. The maximum Gasteiger partial charge on any atom is 0.397 e. The number of hydrogen-bond acceptors (Lipinski definition) is 16. The fourth-order valence-electron chi connectivity index (χ4n) is 3.75. The van der Waals surface area contributed by atoms with Crippen LogP contribution in [0, 0.1) is 0 Å². The number of phenols is 1. The zero-order valence-electron chi connectivity index (χ0n) is 22.0. The van der Waals surface area contributed by atoms with Crippen molar-refractivity contribution in [2.24, 2.45) is 10.2 Å². The number of nitrogens with zero attached hydrogens (tertiary/aromatic N) is 5. The summed E-state index contributed by atoms with van der Waals surface area (Å²) in [7, 11) is -19.3. The molecule has 1 heterocycles. The molecular weight excluding hydrogens is 743 g/mol. The van der Waals surface area contributed by atoms with Gasteiger partial charge in [-0.25, -0.2) is 12.6 Å². The number of nitrogens with one attached hydrogen (secondary N) is 1. The Bertz CT molecular complexity index is 2320. The van der Waals surface area contributed by atoms with Crippen LogP contribution in [-0.2, 0) is 44.7 Å². The van der Waals surface area contributed by atoms with Crippen molar-refractivity contribution in [1.82, 2.24) is 15.0 Å². The highest BCUT2D eigenvalue weighted by Gasteiger charge is 2.28. The largest absolute Gasteiger partial charge is 0.505 e. The number of rotatable bonds is 11. The van der Waals surface area contributed by atoms with Crippen LogP contribution in [0.3, 0.4) is 0 Å². The lowest BCUT2D eigenvalue weighted by Crippen LogP contribution is -2.15. The molecule has 0 spiro atoms. The number of sulfone groups is 1. The third-order valence-corrected chi connectivity index (χ3v) is 9.88. The SMILES string of the molecule is O=S(=O)(O)OCCS(=O)(=O)c1ccc(N=Nc2c(S(=O)(=O)O)cc3c(S(=O)(=O)O)ccc(Nc4nc(Cl)nc(Cl)n4)c3c2O)cc1. The summed E-state index contributed by atoms with van der Waals surface area (Å²) >= 11 is 11.6. The molecule has 0 saturated carbocycles. The van der Waals surface area contributed by atoms with Crippen molar-refractivity contribution in [2.75, 3.05) is 17.7 Å². The van der Waals surface area contributed by atoms with E-state index in [-0.39, 0.29) is 32.8 Å². The zero-order chi connectivity index (χ0) is 34.2. The molecule has 0 fully saturated rings. The van der Waals surface area contributed by atoms with Crippen LogP contribution >= 0.6 is 23.2 Å². The first-order valence-electron chi connectivity index (χ1n) is 11.6. The van der Waals surface area contributed by atoms with Crippen LogP contribution in [-0.4, -0.2) is 79.7 Å². The summed E-state index contributed by atoms with van der Waals surface area (Å²) < 4.78 is 127. The van der Waals surface area contributed by atoms with Gasteiger partial charge in [0.2, 0.25) is 16.5 Å². The molecule has 0 unspecified atom stereocenters.